The average Bonchev–Trinajstić information content (AvgIpc) is 3.21. The van der Waals surface area contributed by atoms with Gasteiger partial charge in [0, 0.05) is 37.5 Å². The second-order valence-corrected chi connectivity index (χ2v) is 17.3. The number of aliphatic hydroxyl groups is 11. The zero-order chi connectivity index (χ0) is 48.4. The van der Waals surface area contributed by atoms with Crippen molar-refractivity contribution in [2.24, 2.45) is 23.5 Å². The molecule has 3 heterocycles. The fourth-order valence-corrected chi connectivity index (χ4v) is 7.77. The van der Waals surface area contributed by atoms with Gasteiger partial charge in [0.1, 0.15) is 24.2 Å². The zero-order valence-electron chi connectivity index (χ0n) is 37.0. The van der Waals surface area contributed by atoms with E-state index in [4.69, 9.17) is 24.7 Å². The predicted octanol–water partition coefficient (Wildman–Crippen LogP) is -0.358. The molecule has 0 aliphatic carbocycles. The first-order valence-corrected chi connectivity index (χ1v) is 22.0. The van der Waals surface area contributed by atoms with Crippen LogP contribution in [0, 0.1) is 17.8 Å². The van der Waals surface area contributed by atoms with Gasteiger partial charge in [0.2, 0.25) is 0 Å². The van der Waals surface area contributed by atoms with Crippen LogP contribution >= 0.6 is 0 Å². The molecule has 368 valence electrons. The molecule has 3 aliphatic rings. The molecule has 2 bridgehead atoms. The van der Waals surface area contributed by atoms with Gasteiger partial charge >= 0.3 is 11.9 Å². The minimum atomic E-state index is -2.37. The molecule has 19 nitrogen and oxygen atoms in total. The van der Waals surface area contributed by atoms with Gasteiger partial charge in [-0.3, -0.25) is 9.59 Å². The van der Waals surface area contributed by atoms with E-state index in [1.165, 1.54) is 12.2 Å². The van der Waals surface area contributed by atoms with Crippen LogP contribution in [-0.2, 0) is 28.5 Å². The molecule has 3 rings (SSSR count). The number of carbonyl (C=O) groups excluding carboxylic acids is 1. The van der Waals surface area contributed by atoms with Crippen LogP contribution in [0.25, 0.3) is 0 Å². The first-order chi connectivity index (χ1) is 30.6. The number of allylic oxidation sites excluding steroid dienone is 12. The van der Waals surface area contributed by atoms with Crippen LogP contribution in [0.15, 0.2) is 85.1 Å². The van der Waals surface area contributed by atoms with Crippen molar-refractivity contribution in [1.82, 2.24) is 0 Å². The smallest absolute Gasteiger partial charge is 0.311 e. The van der Waals surface area contributed by atoms with Crippen LogP contribution in [0.4, 0.5) is 0 Å². The first kappa shape index (κ1) is 55.8. The number of hydrogen-bond acceptors (Lipinski definition) is 18. The van der Waals surface area contributed by atoms with Crippen molar-refractivity contribution in [2.45, 2.75) is 170 Å². The molecular weight excluding hydrogens is 854 g/mol. The van der Waals surface area contributed by atoms with Gasteiger partial charge in [-0.2, -0.15) is 0 Å². The molecule has 19 atom stereocenters. The summed E-state index contributed by atoms with van der Waals surface area (Å²) in [6.45, 7) is 5.19. The van der Waals surface area contributed by atoms with Crippen LogP contribution < -0.4 is 5.73 Å². The average molecular weight is 926 g/mol. The molecule has 65 heavy (non-hydrogen) atoms. The van der Waals surface area contributed by atoms with Crippen LogP contribution in [0.1, 0.15) is 72.1 Å². The van der Waals surface area contributed by atoms with Crippen LogP contribution in [-0.4, -0.2) is 171 Å². The summed E-state index contributed by atoms with van der Waals surface area (Å²) in [5.74, 6) is -6.98. The first-order valence-electron chi connectivity index (χ1n) is 22.0. The summed E-state index contributed by atoms with van der Waals surface area (Å²) in [4.78, 5) is 25.0. The Balaban J connectivity index is 1.86. The quantitative estimate of drug-likeness (QED) is 0.161. The van der Waals surface area contributed by atoms with Crippen molar-refractivity contribution in [3.63, 3.8) is 0 Å². The van der Waals surface area contributed by atoms with Gasteiger partial charge in [0.05, 0.1) is 67.4 Å². The third kappa shape index (κ3) is 18.6. The van der Waals surface area contributed by atoms with Crippen LogP contribution in [0.2, 0.25) is 0 Å². The molecular formula is C46H71NO18. The van der Waals surface area contributed by atoms with E-state index < -0.39 is 154 Å². The SMILES string of the molecule is C[C@@H]1[C@H](O)[C@@H](C)/C=C/C=C/C=C/C=C/C=C/C=C/C=C/[C@H](O[C@@H]2O[C@H](O)[C@@H](O)[C@H](N)[C@@H]2O)C[C@@H]2O[C@](O)(C[C@@H](O)C[C@@H](O)[C@H](O)CC[C@@H](O)C[C@@H](O)CC(=O)O[C@H]1C)C[C@H](O)[C@H]2C(=O)O. The Hall–Kier alpha value is -3.48. The summed E-state index contributed by atoms with van der Waals surface area (Å²) < 4.78 is 22.5. The lowest BCUT2D eigenvalue weighted by Gasteiger charge is -2.45. The van der Waals surface area contributed by atoms with Crippen LogP contribution in [0.3, 0.4) is 0 Å². The summed E-state index contributed by atoms with van der Waals surface area (Å²) in [7, 11) is 0. The number of nitrogens with two attached hydrogens (primary N) is 1. The molecule has 0 aromatic heterocycles. The Bertz CT molecular complexity index is 1670. The highest BCUT2D eigenvalue weighted by Crippen LogP contribution is 2.38. The Morgan fingerprint density at radius 1 is 0.677 bits per heavy atom. The highest BCUT2D eigenvalue weighted by atomic mass is 16.7. The molecule has 3 aliphatic heterocycles. The van der Waals surface area contributed by atoms with Crippen molar-refractivity contribution in [1.29, 1.82) is 0 Å². The van der Waals surface area contributed by atoms with E-state index in [1.54, 1.807) is 80.7 Å². The zero-order valence-corrected chi connectivity index (χ0v) is 37.0. The number of hydrogen-bond donors (Lipinski definition) is 13. The molecule has 0 amide bonds. The predicted molar refractivity (Wildman–Crippen MR) is 234 cm³/mol. The highest BCUT2D eigenvalue weighted by Gasteiger charge is 2.51. The molecule has 0 aromatic rings. The number of carboxylic acid groups (broad SMARTS) is 1. The van der Waals surface area contributed by atoms with Crippen molar-refractivity contribution in [3.05, 3.63) is 85.1 Å². The number of cyclic esters (lactones) is 1. The van der Waals surface area contributed by atoms with E-state index in [0.717, 1.165) is 0 Å². The van der Waals surface area contributed by atoms with Gasteiger partial charge in [-0.15, -0.1) is 0 Å². The fourth-order valence-electron chi connectivity index (χ4n) is 7.77. The second-order valence-electron chi connectivity index (χ2n) is 17.3. The third-order valence-corrected chi connectivity index (χ3v) is 11.8. The molecule has 2 saturated heterocycles. The molecule has 0 saturated carbocycles. The standard InChI is InChI=1S/C46H71NO18/c1-26-16-14-12-10-8-6-4-5-7-9-11-13-15-17-32(63-45-42(57)39(47)41(56)44(60)64-45)23-36-38(43(58)59)35(53)25-46(61,65-36)24-31(50)21-34(52)33(51)19-18-29(48)20-30(49)22-37(54)62-28(3)27(2)40(26)55/h4-17,26-36,38-42,44-45,48-53,55-57,60-61H,18-25,47H2,1-3H3,(H,58,59)/b5-4+,8-6+,9-7+,12-10+,13-11+,16-14+,17-15+/t26-,27-,28-,29+,30+,31-,32-,33+,34+,35-,36-,38+,39-,40+,41-,42-,44-,45+,46+/m0/s1. The van der Waals surface area contributed by atoms with Gasteiger partial charge < -0.3 is 86.0 Å². The van der Waals surface area contributed by atoms with Gasteiger partial charge in [-0.1, -0.05) is 98.9 Å². The van der Waals surface area contributed by atoms with E-state index >= 15 is 0 Å². The molecule has 2 fully saturated rings. The molecule has 14 N–H and O–H groups in total. The third-order valence-electron chi connectivity index (χ3n) is 11.8. The monoisotopic (exact) mass is 925 g/mol. The summed E-state index contributed by atoms with van der Waals surface area (Å²) in [5.41, 5.74) is 5.86. The van der Waals surface area contributed by atoms with Gasteiger partial charge in [0.15, 0.2) is 18.4 Å². The Morgan fingerprint density at radius 2 is 1.25 bits per heavy atom. The maximum Gasteiger partial charge on any atom is 0.311 e. The van der Waals surface area contributed by atoms with E-state index in [0.29, 0.717) is 0 Å². The Labute approximate surface area is 379 Å². The lowest BCUT2D eigenvalue weighted by molar-refractivity contribution is -0.331. The number of fused-ring (bicyclic) bond motifs is 2. The van der Waals surface area contributed by atoms with Crippen LogP contribution in [0.5, 0.6) is 0 Å². The molecule has 0 radical (unpaired) electrons. The molecule has 0 unspecified atom stereocenters. The topological polar surface area (TPSA) is 340 Å². The largest absolute Gasteiger partial charge is 0.481 e. The van der Waals surface area contributed by atoms with E-state index in [-0.39, 0.29) is 25.2 Å². The Kier molecular flexibility index (Phi) is 23.5. The second kappa shape index (κ2) is 27.4. The van der Waals surface area contributed by atoms with E-state index in [9.17, 15) is 70.9 Å². The minimum Gasteiger partial charge on any atom is -0.481 e. The number of ether oxygens (including phenoxy) is 4. The normalized spacial score (nSPS) is 45.5. The molecule has 19 heteroatoms. The van der Waals surface area contributed by atoms with Crippen molar-refractivity contribution in [2.75, 3.05) is 0 Å². The number of carbonyl (C=O) groups is 2. The van der Waals surface area contributed by atoms with Crippen molar-refractivity contribution < 1.29 is 89.8 Å². The number of carboxylic acids is 1. The summed E-state index contributed by atoms with van der Waals surface area (Å²) in [5, 5.41) is 128. The summed E-state index contributed by atoms with van der Waals surface area (Å²) in [6, 6.07) is -1.40. The molecule has 0 spiro atoms. The summed E-state index contributed by atoms with van der Waals surface area (Å²) >= 11 is 0. The lowest BCUT2D eigenvalue weighted by atomic mass is 9.82. The highest BCUT2D eigenvalue weighted by molar-refractivity contribution is 5.71. The minimum absolute atomic E-state index is 0.121. The molecule has 0 aromatic carbocycles. The summed E-state index contributed by atoms with van der Waals surface area (Å²) in [6.07, 6.45) is 0.647. The Morgan fingerprint density at radius 3 is 1.83 bits per heavy atom. The fraction of sp³-hybridized carbons (Fsp3) is 0.652. The maximum atomic E-state index is 12.6. The number of aliphatic carboxylic acids is 1. The van der Waals surface area contributed by atoms with Gasteiger partial charge in [0.25, 0.3) is 0 Å². The van der Waals surface area contributed by atoms with Gasteiger partial charge in [-0.05, 0) is 26.2 Å². The van der Waals surface area contributed by atoms with Crippen molar-refractivity contribution >= 4 is 11.9 Å². The number of aliphatic hydroxyl groups excluding tert-OH is 10. The maximum absolute atomic E-state index is 12.6. The van der Waals surface area contributed by atoms with E-state index in [1.807, 2.05) is 13.0 Å². The van der Waals surface area contributed by atoms with Gasteiger partial charge in [-0.25, -0.2) is 0 Å². The number of rotatable bonds is 3. The lowest BCUT2D eigenvalue weighted by Crippen LogP contribution is -2.62. The number of esters is 1. The van der Waals surface area contributed by atoms with E-state index in [2.05, 4.69) is 0 Å². The van der Waals surface area contributed by atoms with Crippen molar-refractivity contribution in [3.8, 4) is 0 Å².